The Kier molecular flexibility index (Phi) is 4.97. The number of hydrogen-bond donors (Lipinski definition) is 0. The average Bonchev–Trinajstić information content (AvgIpc) is 3.38. The Hall–Kier alpha value is -2.93. The van der Waals surface area contributed by atoms with E-state index >= 15 is 0 Å². The molecule has 7 nitrogen and oxygen atoms in total. The molecule has 168 valence electrons. The number of Topliss-reactive ketones (excluding diaryl/α,β-unsaturated/α-hetero) is 1. The molecular weight excluding hydrogens is 406 g/mol. The fraction of sp³-hybridized carbons (Fsp3) is 0.480. The van der Waals surface area contributed by atoms with Crippen molar-refractivity contribution in [1.29, 1.82) is 0 Å². The molecule has 2 unspecified atom stereocenters. The van der Waals surface area contributed by atoms with E-state index in [-0.39, 0.29) is 28.2 Å². The third-order valence-corrected chi connectivity index (χ3v) is 6.61. The van der Waals surface area contributed by atoms with Crippen LogP contribution in [0.4, 0.5) is 0 Å². The molecule has 1 fully saturated rings. The van der Waals surface area contributed by atoms with E-state index in [1.54, 1.807) is 12.3 Å². The SMILES string of the molecule is CC(=O)c1cn2c(cc1=O)-c1c3cccc(OCC4CCOC4)c3nn1CC2C(C)(C)C. The highest BCUT2D eigenvalue weighted by atomic mass is 16.5. The van der Waals surface area contributed by atoms with Gasteiger partial charge in [-0.25, -0.2) is 0 Å². The van der Waals surface area contributed by atoms with E-state index in [2.05, 4.69) is 25.3 Å². The summed E-state index contributed by atoms with van der Waals surface area (Å²) in [6.45, 7) is 10.7. The first-order valence-corrected chi connectivity index (χ1v) is 11.2. The monoisotopic (exact) mass is 435 g/mol. The first-order chi connectivity index (χ1) is 15.2. The Bertz CT molecular complexity index is 1260. The third-order valence-electron chi connectivity index (χ3n) is 6.61. The molecule has 2 atom stereocenters. The van der Waals surface area contributed by atoms with Crippen molar-refractivity contribution >= 4 is 16.7 Å². The van der Waals surface area contributed by atoms with Crippen molar-refractivity contribution < 1.29 is 14.3 Å². The third kappa shape index (κ3) is 3.45. The van der Waals surface area contributed by atoms with E-state index < -0.39 is 0 Å². The van der Waals surface area contributed by atoms with E-state index in [0.717, 1.165) is 47.7 Å². The van der Waals surface area contributed by atoms with Crippen LogP contribution in [0.1, 0.15) is 50.5 Å². The maximum Gasteiger partial charge on any atom is 0.193 e. The van der Waals surface area contributed by atoms with Gasteiger partial charge in [-0.2, -0.15) is 5.10 Å². The molecule has 2 aliphatic rings. The summed E-state index contributed by atoms with van der Waals surface area (Å²) in [5, 5.41) is 5.87. The molecule has 0 aliphatic carbocycles. The van der Waals surface area contributed by atoms with Crippen molar-refractivity contribution in [3.63, 3.8) is 0 Å². The lowest BCUT2D eigenvalue weighted by molar-refractivity contribution is 0.101. The molecule has 7 heteroatoms. The molecule has 2 aliphatic heterocycles. The summed E-state index contributed by atoms with van der Waals surface area (Å²) < 4.78 is 15.7. The molecule has 0 saturated carbocycles. The van der Waals surface area contributed by atoms with Gasteiger partial charge in [0.15, 0.2) is 11.2 Å². The molecule has 1 aromatic carbocycles. The number of hydrogen-bond acceptors (Lipinski definition) is 5. The van der Waals surface area contributed by atoms with Gasteiger partial charge < -0.3 is 14.0 Å². The van der Waals surface area contributed by atoms with Gasteiger partial charge >= 0.3 is 0 Å². The molecule has 2 aromatic heterocycles. The van der Waals surface area contributed by atoms with Gasteiger partial charge in [0.2, 0.25) is 0 Å². The molecule has 3 aromatic rings. The highest BCUT2D eigenvalue weighted by Gasteiger charge is 2.35. The van der Waals surface area contributed by atoms with Crippen LogP contribution in [0, 0.1) is 11.3 Å². The average molecular weight is 436 g/mol. The molecule has 0 spiro atoms. The maximum atomic E-state index is 12.8. The Labute approximate surface area is 186 Å². The minimum absolute atomic E-state index is 0.0398. The lowest BCUT2D eigenvalue weighted by Gasteiger charge is -2.38. The summed E-state index contributed by atoms with van der Waals surface area (Å²) in [7, 11) is 0. The maximum absolute atomic E-state index is 12.8. The molecule has 4 heterocycles. The van der Waals surface area contributed by atoms with Crippen LogP contribution in [0.5, 0.6) is 5.75 Å². The summed E-state index contributed by atoms with van der Waals surface area (Å²) >= 11 is 0. The van der Waals surface area contributed by atoms with Crippen LogP contribution in [-0.2, 0) is 11.3 Å². The van der Waals surface area contributed by atoms with Crippen LogP contribution in [0.15, 0.2) is 35.3 Å². The minimum Gasteiger partial charge on any atom is -0.491 e. The topological polar surface area (TPSA) is 75.3 Å². The first-order valence-electron chi connectivity index (χ1n) is 11.2. The number of pyridine rings is 1. The number of fused-ring (bicyclic) bond motifs is 5. The van der Waals surface area contributed by atoms with E-state index in [0.29, 0.717) is 19.1 Å². The number of aromatic nitrogens is 3. The number of benzene rings is 1. The van der Waals surface area contributed by atoms with Gasteiger partial charge in [0.1, 0.15) is 11.3 Å². The predicted octanol–water partition coefficient (Wildman–Crippen LogP) is 4.08. The quantitative estimate of drug-likeness (QED) is 0.577. The second kappa shape index (κ2) is 7.59. The number of ether oxygens (including phenoxy) is 2. The number of carbonyl (C=O) groups excluding carboxylic acids is 1. The molecular formula is C25H29N3O4. The van der Waals surface area contributed by atoms with Crippen molar-refractivity contribution in [2.45, 2.75) is 46.7 Å². The highest BCUT2D eigenvalue weighted by Crippen LogP contribution is 2.43. The molecule has 0 radical (unpaired) electrons. The van der Waals surface area contributed by atoms with Crippen molar-refractivity contribution in [3.8, 4) is 17.1 Å². The number of carbonyl (C=O) groups is 1. The Morgan fingerprint density at radius 3 is 2.81 bits per heavy atom. The van der Waals surface area contributed by atoms with Gasteiger partial charge in [0, 0.05) is 30.2 Å². The van der Waals surface area contributed by atoms with E-state index in [9.17, 15) is 9.59 Å². The summed E-state index contributed by atoms with van der Waals surface area (Å²) in [4.78, 5) is 24.9. The Balaban J connectivity index is 1.66. The van der Waals surface area contributed by atoms with Crippen molar-refractivity contribution in [1.82, 2.24) is 14.3 Å². The number of rotatable bonds is 4. The van der Waals surface area contributed by atoms with Gasteiger partial charge in [-0.3, -0.25) is 14.3 Å². The van der Waals surface area contributed by atoms with Crippen molar-refractivity contribution in [3.05, 3.63) is 46.2 Å². The Morgan fingerprint density at radius 1 is 1.31 bits per heavy atom. The fourth-order valence-corrected chi connectivity index (χ4v) is 4.77. The minimum atomic E-state index is -0.257. The predicted molar refractivity (Wildman–Crippen MR) is 122 cm³/mol. The van der Waals surface area contributed by atoms with Gasteiger partial charge in [0.25, 0.3) is 0 Å². The lowest BCUT2D eigenvalue weighted by Crippen LogP contribution is -2.35. The van der Waals surface area contributed by atoms with Gasteiger partial charge in [0.05, 0.1) is 42.8 Å². The summed E-state index contributed by atoms with van der Waals surface area (Å²) in [6.07, 6.45) is 2.75. The zero-order chi connectivity index (χ0) is 22.6. The molecule has 32 heavy (non-hydrogen) atoms. The van der Waals surface area contributed by atoms with Crippen LogP contribution in [0.25, 0.3) is 22.3 Å². The smallest absolute Gasteiger partial charge is 0.193 e. The second-order valence-electron chi connectivity index (χ2n) is 10.0. The van der Waals surface area contributed by atoms with Crippen molar-refractivity contribution in [2.75, 3.05) is 19.8 Å². The summed E-state index contributed by atoms with van der Waals surface area (Å²) in [5.41, 5.74) is 2.34. The Morgan fingerprint density at radius 2 is 2.12 bits per heavy atom. The summed E-state index contributed by atoms with van der Waals surface area (Å²) in [6, 6.07) is 7.56. The van der Waals surface area contributed by atoms with E-state index in [4.69, 9.17) is 14.6 Å². The summed E-state index contributed by atoms with van der Waals surface area (Å²) in [5.74, 6) is 0.934. The molecule has 1 saturated heterocycles. The van der Waals surface area contributed by atoms with Crippen LogP contribution >= 0.6 is 0 Å². The largest absolute Gasteiger partial charge is 0.491 e. The fourth-order valence-electron chi connectivity index (χ4n) is 4.77. The zero-order valence-electron chi connectivity index (χ0n) is 19.1. The first kappa shape index (κ1) is 20.9. The van der Waals surface area contributed by atoms with Gasteiger partial charge in [-0.15, -0.1) is 0 Å². The number of nitrogens with zero attached hydrogens (tertiary/aromatic N) is 3. The van der Waals surface area contributed by atoms with Crippen LogP contribution in [0.3, 0.4) is 0 Å². The number of ketones is 1. The zero-order valence-corrected chi connectivity index (χ0v) is 19.1. The van der Waals surface area contributed by atoms with E-state index in [1.807, 2.05) is 22.9 Å². The van der Waals surface area contributed by atoms with Crippen LogP contribution < -0.4 is 10.2 Å². The highest BCUT2D eigenvalue weighted by molar-refractivity contribution is 5.97. The van der Waals surface area contributed by atoms with Gasteiger partial charge in [-0.05, 0) is 24.8 Å². The molecule has 5 rings (SSSR count). The molecule has 0 amide bonds. The van der Waals surface area contributed by atoms with Crippen LogP contribution in [-0.4, -0.2) is 40.0 Å². The second-order valence-corrected chi connectivity index (χ2v) is 10.0. The normalized spacial score (nSPS) is 20.2. The van der Waals surface area contributed by atoms with Crippen LogP contribution in [0.2, 0.25) is 0 Å². The van der Waals surface area contributed by atoms with E-state index in [1.165, 1.54) is 6.92 Å². The lowest BCUT2D eigenvalue weighted by atomic mass is 9.84. The van der Waals surface area contributed by atoms with Crippen molar-refractivity contribution in [2.24, 2.45) is 11.3 Å². The molecule has 0 N–H and O–H groups in total. The molecule has 0 bridgehead atoms. The standard InChI is InChI=1S/C25H29N3O4/c1-15(29)18-11-27-19(10-20(18)30)24-17-6-5-7-21(32-14-16-8-9-31-13-16)23(17)26-28(24)12-22(27)25(2,3)4/h5-7,10-11,16,22H,8-9,12-14H2,1-4H3. The van der Waals surface area contributed by atoms with Gasteiger partial charge in [-0.1, -0.05) is 32.9 Å².